The SMILES string of the molecule is CN(C)S(=O)(=O)N1CCC(C(=O)Nc2nnc(SCc3ccccc3)s2)CC1. The maximum atomic E-state index is 12.5. The van der Waals surface area contributed by atoms with Gasteiger partial charge in [0, 0.05) is 38.9 Å². The van der Waals surface area contributed by atoms with Crippen molar-refractivity contribution in [1.29, 1.82) is 0 Å². The van der Waals surface area contributed by atoms with Gasteiger partial charge in [-0.15, -0.1) is 10.2 Å². The highest BCUT2D eigenvalue weighted by Gasteiger charge is 2.32. The summed E-state index contributed by atoms with van der Waals surface area (Å²) in [6.45, 7) is 0.680. The average molecular weight is 442 g/mol. The molecule has 0 radical (unpaired) electrons. The Kier molecular flexibility index (Phi) is 7.05. The molecule has 8 nitrogen and oxygen atoms in total. The summed E-state index contributed by atoms with van der Waals surface area (Å²) in [4.78, 5) is 12.5. The lowest BCUT2D eigenvalue weighted by Gasteiger charge is -2.31. The van der Waals surface area contributed by atoms with E-state index in [9.17, 15) is 13.2 Å². The van der Waals surface area contributed by atoms with E-state index < -0.39 is 10.2 Å². The third-order valence-corrected chi connectivity index (χ3v) is 8.44. The zero-order valence-corrected chi connectivity index (χ0v) is 18.2. The fourth-order valence-corrected chi connectivity index (χ4v) is 5.67. The van der Waals surface area contributed by atoms with Gasteiger partial charge in [-0.1, -0.05) is 53.4 Å². The molecule has 0 saturated carbocycles. The lowest BCUT2D eigenvalue weighted by molar-refractivity contribution is -0.120. The second-order valence-electron chi connectivity index (χ2n) is 6.60. The summed E-state index contributed by atoms with van der Waals surface area (Å²) in [5.41, 5.74) is 1.20. The molecule has 1 aliphatic heterocycles. The van der Waals surface area contributed by atoms with Gasteiger partial charge in [0.05, 0.1) is 0 Å². The van der Waals surface area contributed by atoms with Crippen LogP contribution in [0.4, 0.5) is 5.13 Å². The lowest BCUT2D eigenvalue weighted by Crippen LogP contribution is -2.46. The Morgan fingerprint density at radius 3 is 2.57 bits per heavy atom. The summed E-state index contributed by atoms with van der Waals surface area (Å²) >= 11 is 2.93. The second-order valence-corrected chi connectivity index (χ2v) is 10.9. The quantitative estimate of drug-likeness (QED) is 0.523. The maximum Gasteiger partial charge on any atom is 0.281 e. The maximum absolute atomic E-state index is 12.5. The van der Waals surface area contributed by atoms with Gasteiger partial charge < -0.3 is 5.32 Å². The predicted octanol–water partition coefficient (Wildman–Crippen LogP) is 2.29. The van der Waals surface area contributed by atoms with Crippen LogP contribution >= 0.6 is 23.1 Å². The zero-order chi connectivity index (χ0) is 20.1. The Morgan fingerprint density at radius 1 is 1.25 bits per heavy atom. The molecule has 1 aromatic heterocycles. The van der Waals surface area contributed by atoms with Crippen LogP contribution in [0.5, 0.6) is 0 Å². The first-order valence-corrected chi connectivity index (χ1v) is 12.0. The highest BCUT2D eigenvalue weighted by molar-refractivity contribution is 8.00. The molecule has 1 saturated heterocycles. The Bertz CT molecular complexity index is 894. The number of hydrogen-bond acceptors (Lipinski definition) is 7. The van der Waals surface area contributed by atoms with Gasteiger partial charge in [0.1, 0.15) is 0 Å². The monoisotopic (exact) mass is 441 g/mol. The first-order chi connectivity index (χ1) is 13.4. The first-order valence-electron chi connectivity index (χ1n) is 8.85. The average Bonchev–Trinajstić information content (AvgIpc) is 3.14. The van der Waals surface area contributed by atoms with Crippen molar-refractivity contribution in [3.8, 4) is 0 Å². The minimum atomic E-state index is -3.42. The fourth-order valence-electron chi connectivity index (χ4n) is 2.83. The minimum Gasteiger partial charge on any atom is -0.300 e. The lowest BCUT2D eigenvalue weighted by atomic mass is 9.97. The number of carbonyl (C=O) groups is 1. The summed E-state index contributed by atoms with van der Waals surface area (Å²) < 4.78 is 27.7. The van der Waals surface area contributed by atoms with E-state index in [2.05, 4.69) is 27.6 Å². The van der Waals surface area contributed by atoms with Crippen molar-refractivity contribution in [3.05, 3.63) is 35.9 Å². The van der Waals surface area contributed by atoms with Gasteiger partial charge in [0.2, 0.25) is 11.0 Å². The van der Waals surface area contributed by atoms with E-state index in [1.165, 1.54) is 39.6 Å². The molecule has 0 atom stereocenters. The summed E-state index contributed by atoms with van der Waals surface area (Å²) in [6.07, 6.45) is 0.987. The zero-order valence-electron chi connectivity index (χ0n) is 15.7. The number of anilines is 1. The minimum absolute atomic E-state index is 0.127. The Morgan fingerprint density at radius 2 is 1.93 bits per heavy atom. The molecule has 1 N–H and O–H groups in total. The smallest absolute Gasteiger partial charge is 0.281 e. The van der Waals surface area contributed by atoms with Crippen LogP contribution in [-0.4, -0.2) is 60.3 Å². The molecule has 3 rings (SSSR count). The van der Waals surface area contributed by atoms with E-state index in [0.717, 1.165) is 10.1 Å². The molecule has 2 aromatic rings. The van der Waals surface area contributed by atoms with Gasteiger partial charge in [-0.25, -0.2) is 0 Å². The van der Waals surface area contributed by atoms with Crippen molar-refractivity contribution in [2.45, 2.75) is 22.9 Å². The fraction of sp³-hybridized carbons (Fsp3) is 0.471. The number of rotatable bonds is 7. The van der Waals surface area contributed by atoms with Gasteiger partial charge >= 0.3 is 0 Å². The molecule has 1 aromatic carbocycles. The predicted molar refractivity (Wildman–Crippen MR) is 111 cm³/mol. The number of nitrogens with one attached hydrogen (secondary N) is 1. The van der Waals surface area contributed by atoms with E-state index in [0.29, 0.717) is 31.1 Å². The first kappa shape index (κ1) is 21.2. The molecule has 0 bridgehead atoms. The molecule has 0 aliphatic carbocycles. The number of piperidine rings is 1. The molecule has 11 heteroatoms. The molecule has 2 heterocycles. The Hall–Kier alpha value is -1.53. The highest BCUT2D eigenvalue weighted by atomic mass is 32.2. The summed E-state index contributed by atoms with van der Waals surface area (Å²) in [5, 5.41) is 11.5. The third-order valence-electron chi connectivity index (χ3n) is 4.45. The van der Waals surface area contributed by atoms with Crippen LogP contribution in [0.15, 0.2) is 34.7 Å². The van der Waals surface area contributed by atoms with Gasteiger partial charge in [0.25, 0.3) is 10.2 Å². The summed E-state index contributed by atoms with van der Waals surface area (Å²) in [7, 11) is -0.400. The van der Waals surface area contributed by atoms with Gasteiger partial charge in [-0.3, -0.25) is 4.79 Å². The normalized spacial score (nSPS) is 16.4. The van der Waals surface area contributed by atoms with E-state index in [1.54, 1.807) is 11.8 Å². The van der Waals surface area contributed by atoms with Crippen LogP contribution in [0.1, 0.15) is 18.4 Å². The van der Waals surface area contributed by atoms with E-state index in [4.69, 9.17) is 0 Å². The van der Waals surface area contributed by atoms with E-state index >= 15 is 0 Å². The molecule has 0 spiro atoms. The topological polar surface area (TPSA) is 95.5 Å². The van der Waals surface area contributed by atoms with Crippen molar-refractivity contribution in [3.63, 3.8) is 0 Å². The van der Waals surface area contributed by atoms with Crippen molar-refractivity contribution < 1.29 is 13.2 Å². The summed E-state index contributed by atoms with van der Waals surface area (Å²) in [5.74, 6) is 0.443. The van der Waals surface area contributed by atoms with Gasteiger partial charge in [0.15, 0.2) is 4.34 Å². The van der Waals surface area contributed by atoms with Gasteiger partial charge in [-0.05, 0) is 18.4 Å². The van der Waals surface area contributed by atoms with Crippen LogP contribution in [0.2, 0.25) is 0 Å². The summed E-state index contributed by atoms with van der Waals surface area (Å²) in [6, 6.07) is 10.1. The van der Waals surface area contributed by atoms with Crippen molar-refractivity contribution in [2.24, 2.45) is 5.92 Å². The molecule has 1 amide bonds. The van der Waals surface area contributed by atoms with Crippen molar-refractivity contribution in [1.82, 2.24) is 18.8 Å². The number of benzene rings is 1. The van der Waals surface area contributed by atoms with E-state index in [-0.39, 0.29) is 11.8 Å². The molecule has 1 fully saturated rings. The van der Waals surface area contributed by atoms with Gasteiger partial charge in [-0.2, -0.15) is 17.0 Å². The van der Waals surface area contributed by atoms with Crippen LogP contribution in [0.3, 0.4) is 0 Å². The third kappa shape index (κ3) is 5.29. The standard InChI is InChI=1S/C17H23N5O3S3/c1-21(2)28(24,25)22-10-8-14(9-11-22)15(23)18-16-19-20-17(27-16)26-12-13-6-4-3-5-7-13/h3-7,14H,8-12H2,1-2H3,(H,18,19,23). The number of carbonyl (C=O) groups excluding carboxylic acids is 1. The molecule has 152 valence electrons. The van der Waals surface area contributed by atoms with Crippen LogP contribution < -0.4 is 5.32 Å². The van der Waals surface area contributed by atoms with Crippen molar-refractivity contribution >= 4 is 44.3 Å². The largest absolute Gasteiger partial charge is 0.300 e. The van der Waals surface area contributed by atoms with Crippen molar-refractivity contribution in [2.75, 3.05) is 32.5 Å². The second kappa shape index (κ2) is 9.31. The molecular formula is C17H23N5O3S3. The molecule has 0 unspecified atom stereocenters. The highest BCUT2D eigenvalue weighted by Crippen LogP contribution is 2.29. The molecule has 28 heavy (non-hydrogen) atoms. The number of aromatic nitrogens is 2. The Balaban J connectivity index is 1.49. The molecule has 1 aliphatic rings. The number of hydrogen-bond donors (Lipinski definition) is 1. The van der Waals surface area contributed by atoms with E-state index in [1.807, 2.05) is 18.2 Å². The van der Waals surface area contributed by atoms with Crippen LogP contribution in [-0.2, 0) is 20.8 Å². The number of amides is 1. The number of nitrogens with zero attached hydrogens (tertiary/aromatic N) is 4. The number of thioether (sulfide) groups is 1. The van der Waals surface area contributed by atoms with Crippen LogP contribution in [0.25, 0.3) is 0 Å². The van der Waals surface area contributed by atoms with Crippen LogP contribution in [0, 0.1) is 5.92 Å². The Labute approximate surface area is 173 Å². The molecular weight excluding hydrogens is 418 g/mol.